The molecule has 0 atom stereocenters. The van der Waals surface area contributed by atoms with E-state index < -0.39 is 0 Å². The second kappa shape index (κ2) is 7.44. The van der Waals surface area contributed by atoms with Crippen LogP contribution in [0.3, 0.4) is 0 Å². The molecule has 0 radical (unpaired) electrons. The molecule has 0 aromatic heterocycles. The summed E-state index contributed by atoms with van der Waals surface area (Å²) in [5, 5.41) is 16.4. The molecule has 0 unspecified atom stereocenters. The normalized spacial score (nSPS) is 8.18. The van der Waals surface area contributed by atoms with Gasteiger partial charge in [0, 0.05) is 5.75 Å². The summed E-state index contributed by atoms with van der Waals surface area (Å²) in [6.07, 6.45) is 0. The Bertz CT molecular complexity index is 163. The summed E-state index contributed by atoms with van der Waals surface area (Å²) in [5.41, 5.74) is 0. The van der Waals surface area contributed by atoms with Crippen molar-refractivity contribution in [3.8, 4) is 5.75 Å². The fraction of sp³-hybridized carbons (Fsp3) is 0.250. The third kappa shape index (κ3) is 7.22. The van der Waals surface area contributed by atoms with Gasteiger partial charge in [0.25, 0.3) is 0 Å². The molecule has 0 saturated carbocycles. The van der Waals surface area contributed by atoms with Crippen molar-refractivity contribution in [2.45, 2.75) is 0 Å². The molecular formula is C8H12O2S. The summed E-state index contributed by atoms with van der Waals surface area (Å²) in [6.45, 7) is 0.184. The van der Waals surface area contributed by atoms with E-state index in [1.165, 1.54) is 0 Å². The molecule has 2 nitrogen and oxygen atoms in total. The zero-order valence-corrected chi connectivity index (χ0v) is 7.04. The van der Waals surface area contributed by atoms with Crippen molar-refractivity contribution < 1.29 is 10.2 Å². The summed E-state index contributed by atoms with van der Waals surface area (Å²) in [4.78, 5) is 0. The van der Waals surface area contributed by atoms with E-state index in [0.717, 1.165) is 0 Å². The number of aliphatic hydroxyl groups excluding tert-OH is 1. The van der Waals surface area contributed by atoms with E-state index in [9.17, 15) is 0 Å². The minimum absolute atomic E-state index is 0.184. The second-order valence-corrected chi connectivity index (χ2v) is 2.23. The van der Waals surface area contributed by atoms with Crippen LogP contribution in [0.5, 0.6) is 5.75 Å². The molecule has 0 aliphatic carbocycles. The van der Waals surface area contributed by atoms with E-state index in [0.29, 0.717) is 11.5 Å². The van der Waals surface area contributed by atoms with E-state index in [2.05, 4.69) is 12.6 Å². The highest BCUT2D eigenvalue weighted by Crippen LogP contribution is 2.02. The van der Waals surface area contributed by atoms with Gasteiger partial charge in [-0.1, -0.05) is 18.2 Å². The van der Waals surface area contributed by atoms with Gasteiger partial charge in [-0.15, -0.1) is 0 Å². The standard InChI is InChI=1S/C6H6O.C2H6OS/c7-6-4-2-1-3-5-6;3-1-2-4/h1-5,7H;3-4H,1-2H2. The zero-order valence-electron chi connectivity index (χ0n) is 6.14. The lowest BCUT2D eigenvalue weighted by atomic mass is 10.3. The lowest BCUT2D eigenvalue weighted by Gasteiger charge is -1.82. The molecule has 3 heteroatoms. The Labute approximate surface area is 71.9 Å². The number of phenolic OH excluding ortho intramolecular Hbond substituents is 1. The van der Waals surface area contributed by atoms with Gasteiger partial charge in [0.2, 0.25) is 0 Å². The fourth-order valence-corrected chi connectivity index (χ4v) is 0.428. The van der Waals surface area contributed by atoms with Gasteiger partial charge in [0.1, 0.15) is 5.75 Å². The van der Waals surface area contributed by atoms with Gasteiger partial charge in [-0.25, -0.2) is 0 Å². The van der Waals surface area contributed by atoms with Gasteiger partial charge >= 0.3 is 0 Å². The number of thiol groups is 1. The predicted octanol–water partition coefficient (Wildman–Crippen LogP) is 1.30. The Morgan fingerprint density at radius 2 is 1.64 bits per heavy atom. The average Bonchev–Trinajstić information content (AvgIpc) is 2.07. The van der Waals surface area contributed by atoms with Crippen molar-refractivity contribution in [2.75, 3.05) is 12.4 Å². The molecule has 0 spiro atoms. The first-order valence-corrected chi connectivity index (χ1v) is 3.90. The largest absolute Gasteiger partial charge is 0.508 e. The van der Waals surface area contributed by atoms with Crippen molar-refractivity contribution in [3.63, 3.8) is 0 Å². The van der Waals surface area contributed by atoms with Crippen LogP contribution in [0, 0.1) is 0 Å². The van der Waals surface area contributed by atoms with Gasteiger partial charge < -0.3 is 10.2 Å². The molecule has 0 heterocycles. The summed E-state index contributed by atoms with van der Waals surface area (Å²) < 4.78 is 0. The lowest BCUT2D eigenvalue weighted by Crippen LogP contribution is -1.76. The maximum atomic E-state index is 8.63. The SMILES string of the molecule is OCCS.Oc1ccccc1. The Kier molecular flexibility index (Phi) is 6.98. The van der Waals surface area contributed by atoms with Crippen LogP contribution in [-0.4, -0.2) is 22.6 Å². The molecule has 0 fully saturated rings. The van der Waals surface area contributed by atoms with E-state index in [1.54, 1.807) is 24.3 Å². The fourth-order valence-electron chi connectivity index (χ4n) is 0.428. The number of aromatic hydroxyl groups is 1. The van der Waals surface area contributed by atoms with Gasteiger partial charge in [0.15, 0.2) is 0 Å². The van der Waals surface area contributed by atoms with E-state index >= 15 is 0 Å². The Morgan fingerprint density at radius 3 is 1.82 bits per heavy atom. The molecule has 1 aromatic rings. The third-order valence-corrected chi connectivity index (χ3v) is 1.06. The maximum absolute atomic E-state index is 8.63. The number of para-hydroxylation sites is 1. The van der Waals surface area contributed by atoms with Crippen molar-refractivity contribution in [3.05, 3.63) is 30.3 Å². The predicted molar refractivity (Wildman–Crippen MR) is 49.0 cm³/mol. The molecule has 0 bridgehead atoms. The molecule has 62 valence electrons. The lowest BCUT2D eigenvalue weighted by molar-refractivity contribution is 0.323. The molecule has 0 saturated heterocycles. The Morgan fingerprint density at radius 1 is 1.18 bits per heavy atom. The quantitative estimate of drug-likeness (QED) is 0.559. The Hall–Kier alpha value is -0.670. The molecule has 0 aliphatic heterocycles. The van der Waals surface area contributed by atoms with Crippen LogP contribution in [-0.2, 0) is 0 Å². The molecular weight excluding hydrogens is 160 g/mol. The zero-order chi connectivity index (χ0) is 8.53. The van der Waals surface area contributed by atoms with Crippen LogP contribution in [0.25, 0.3) is 0 Å². The minimum Gasteiger partial charge on any atom is -0.508 e. The first-order valence-electron chi connectivity index (χ1n) is 3.27. The van der Waals surface area contributed by atoms with Gasteiger partial charge in [0.05, 0.1) is 6.61 Å². The van der Waals surface area contributed by atoms with Gasteiger partial charge in [-0.05, 0) is 12.1 Å². The molecule has 1 aromatic carbocycles. The van der Waals surface area contributed by atoms with Crippen LogP contribution >= 0.6 is 12.6 Å². The van der Waals surface area contributed by atoms with E-state index in [1.807, 2.05) is 6.07 Å². The summed E-state index contributed by atoms with van der Waals surface area (Å²) in [5.74, 6) is 0.891. The van der Waals surface area contributed by atoms with Crippen LogP contribution < -0.4 is 0 Å². The average molecular weight is 172 g/mol. The first kappa shape index (κ1) is 10.3. The van der Waals surface area contributed by atoms with Crippen molar-refractivity contribution in [1.82, 2.24) is 0 Å². The Balaban J connectivity index is 0.000000218. The topological polar surface area (TPSA) is 40.5 Å². The minimum atomic E-state index is 0.184. The highest BCUT2D eigenvalue weighted by Gasteiger charge is 1.74. The molecule has 0 aliphatic rings. The molecule has 1 rings (SSSR count). The number of hydrogen-bond donors (Lipinski definition) is 3. The van der Waals surface area contributed by atoms with Crippen LogP contribution in [0.1, 0.15) is 0 Å². The van der Waals surface area contributed by atoms with Crippen LogP contribution in [0.15, 0.2) is 30.3 Å². The summed E-state index contributed by atoms with van der Waals surface area (Å²) in [6, 6.07) is 8.71. The van der Waals surface area contributed by atoms with Gasteiger partial charge in [-0.3, -0.25) is 0 Å². The number of rotatable bonds is 1. The van der Waals surface area contributed by atoms with Crippen LogP contribution in [0.2, 0.25) is 0 Å². The van der Waals surface area contributed by atoms with E-state index in [4.69, 9.17) is 10.2 Å². The number of aliphatic hydroxyl groups is 1. The van der Waals surface area contributed by atoms with Crippen molar-refractivity contribution >= 4 is 12.6 Å². The summed E-state index contributed by atoms with van der Waals surface area (Å²) >= 11 is 3.67. The third-order valence-electron chi connectivity index (χ3n) is 0.856. The number of benzene rings is 1. The number of phenols is 1. The maximum Gasteiger partial charge on any atom is 0.115 e. The van der Waals surface area contributed by atoms with Crippen molar-refractivity contribution in [2.24, 2.45) is 0 Å². The van der Waals surface area contributed by atoms with Crippen LogP contribution in [0.4, 0.5) is 0 Å². The smallest absolute Gasteiger partial charge is 0.115 e. The highest BCUT2D eigenvalue weighted by atomic mass is 32.1. The first-order chi connectivity index (χ1) is 5.31. The molecule has 2 N–H and O–H groups in total. The van der Waals surface area contributed by atoms with Crippen molar-refractivity contribution in [1.29, 1.82) is 0 Å². The second-order valence-electron chi connectivity index (χ2n) is 1.78. The van der Waals surface area contributed by atoms with Gasteiger partial charge in [-0.2, -0.15) is 12.6 Å². The monoisotopic (exact) mass is 172 g/mol. The molecule has 0 amide bonds. The number of hydrogen-bond acceptors (Lipinski definition) is 3. The summed E-state index contributed by atoms with van der Waals surface area (Å²) in [7, 11) is 0. The highest BCUT2D eigenvalue weighted by molar-refractivity contribution is 7.80. The molecule has 11 heavy (non-hydrogen) atoms. The van der Waals surface area contributed by atoms with E-state index in [-0.39, 0.29) is 6.61 Å².